The average molecular weight is 353 g/mol. The maximum atomic E-state index is 12.0. The summed E-state index contributed by atoms with van der Waals surface area (Å²) in [6.07, 6.45) is 1.41. The molecule has 0 fully saturated rings. The van der Waals surface area contributed by atoms with E-state index in [1.165, 1.54) is 6.21 Å². The molecule has 0 radical (unpaired) electrons. The molecule has 0 saturated heterocycles. The van der Waals surface area contributed by atoms with Crippen LogP contribution >= 0.6 is 34.5 Å². The zero-order valence-electron chi connectivity index (χ0n) is 11.4. The van der Waals surface area contributed by atoms with Crippen LogP contribution in [-0.4, -0.2) is 12.1 Å². The Hall–Kier alpha value is -2.07. The first-order chi connectivity index (χ1) is 10.4. The standard InChI is InChI=1S/C14H10Cl2N4OS/c1-7-10(5-17)13(18)22-12(7)14(21)20-19-6-8-2-3-9(15)4-11(8)16/h2-4,6H,18H2,1H3,(H,20,21)/b19-6+. The number of carbonyl (C=O) groups excluding carboxylic acids is 1. The van der Waals surface area contributed by atoms with Crippen molar-refractivity contribution in [2.75, 3.05) is 5.73 Å². The molecule has 0 spiro atoms. The summed E-state index contributed by atoms with van der Waals surface area (Å²) in [4.78, 5) is 12.4. The average Bonchev–Trinajstić information content (AvgIpc) is 2.75. The summed E-state index contributed by atoms with van der Waals surface area (Å²) in [5, 5.41) is 14.1. The molecule has 0 atom stereocenters. The maximum absolute atomic E-state index is 12.0. The van der Waals surface area contributed by atoms with Crippen molar-refractivity contribution in [3.8, 4) is 6.07 Å². The Bertz CT molecular complexity index is 808. The van der Waals surface area contributed by atoms with Crippen LogP contribution in [0.5, 0.6) is 0 Å². The molecule has 0 unspecified atom stereocenters. The highest BCUT2D eigenvalue weighted by Crippen LogP contribution is 2.29. The first kappa shape index (κ1) is 16.3. The number of hydrogen-bond donors (Lipinski definition) is 2. The second-order valence-corrected chi connectivity index (χ2v) is 6.17. The van der Waals surface area contributed by atoms with Gasteiger partial charge in [0.05, 0.1) is 16.8 Å². The summed E-state index contributed by atoms with van der Waals surface area (Å²) < 4.78 is 0. The van der Waals surface area contributed by atoms with Crippen LogP contribution in [0.1, 0.15) is 26.4 Å². The van der Waals surface area contributed by atoms with Crippen molar-refractivity contribution >= 4 is 51.7 Å². The number of carbonyl (C=O) groups is 1. The highest BCUT2D eigenvalue weighted by atomic mass is 35.5. The molecule has 0 aliphatic rings. The van der Waals surface area contributed by atoms with Crippen molar-refractivity contribution < 1.29 is 4.79 Å². The van der Waals surface area contributed by atoms with Crippen molar-refractivity contribution in [3.63, 3.8) is 0 Å². The molecule has 0 bridgehead atoms. The number of nitrogens with two attached hydrogens (primary N) is 1. The van der Waals surface area contributed by atoms with E-state index in [4.69, 9.17) is 34.2 Å². The van der Waals surface area contributed by atoms with E-state index in [2.05, 4.69) is 10.5 Å². The lowest BCUT2D eigenvalue weighted by molar-refractivity contribution is 0.0958. The van der Waals surface area contributed by atoms with Gasteiger partial charge in [0.2, 0.25) is 0 Å². The van der Waals surface area contributed by atoms with E-state index in [0.717, 1.165) is 11.3 Å². The lowest BCUT2D eigenvalue weighted by Crippen LogP contribution is -2.17. The molecule has 1 heterocycles. The van der Waals surface area contributed by atoms with Gasteiger partial charge in [-0.2, -0.15) is 10.4 Å². The number of rotatable bonds is 3. The number of nitrogens with zero attached hydrogens (tertiary/aromatic N) is 2. The van der Waals surface area contributed by atoms with Gasteiger partial charge < -0.3 is 5.73 Å². The fourth-order valence-corrected chi connectivity index (χ4v) is 3.08. The predicted molar refractivity (Wildman–Crippen MR) is 89.7 cm³/mol. The highest BCUT2D eigenvalue weighted by molar-refractivity contribution is 7.18. The summed E-state index contributed by atoms with van der Waals surface area (Å²) in [6.45, 7) is 1.67. The summed E-state index contributed by atoms with van der Waals surface area (Å²) in [6, 6.07) is 6.90. The Morgan fingerprint density at radius 3 is 2.82 bits per heavy atom. The molecule has 1 aromatic carbocycles. The quantitative estimate of drug-likeness (QED) is 0.653. The van der Waals surface area contributed by atoms with Gasteiger partial charge in [0.25, 0.3) is 5.91 Å². The van der Waals surface area contributed by atoms with Crippen LogP contribution in [0, 0.1) is 18.3 Å². The Balaban J connectivity index is 2.13. The van der Waals surface area contributed by atoms with Gasteiger partial charge in [-0.3, -0.25) is 4.79 Å². The number of nitrogen functional groups attached to an aromatic ring is 1. The summed E-state index contributed by atoms with van der Waals surface area (Å²) in [5.41, 5.74) is 9.55. The summed E-state index contributed by atoms with van der Waals surface area (Å²) in [5.74, 6) is -0.433. The fourth-order valence-electron chi connectivity index (χ4n) is 1.71. The van der Waals surface area contributed by atoms with Gasteiger partial charge in [-0.05, 0) is 24.6 Å². The van der Waals surface area contributed by atoms with E-state index in [1.54, 1.807) is 25.1 Å². The minimum Gasteiger partial charge on any atom is -0.389 e. The number of hydrogen-bond acceptors (Lipinski definition) is 5. The van der Waals surface area contributed by atoms with E-state index in [9.17, 15) is 4.79 Å². The van der Waals surface area contributed by atoms with Crippen LogP contribution in [0.3, 0.4) is 0 Å². The Kier molecular flexibility index (Phi) is 5.03. The maximum Gasteiger partial charge on any atom is 0.281 e. The second-order valence-electron chi connectivity index (χ2n) is 4.27. The molecular weight excluding hydrogens is 343 g/mol. The lowest BCUT2D eigenvalue weighted by Gasteiger charge is -2.00. The molecule has 8 heteroatoms. The van der Waals surface area contributed by atoms with Crippen LogP contribution in [-0.2, 0) is 0 Å². The second kappa shape index (κ2) is 6.79. The van der Waals surface area contributed by atoms with Crippen molar-refractivity contribution in [1.82, 2.24) is 5.43 Å². The van der Waals surface area contributed by atoms with Crippen molar-refractivity contribution in [2.45, 2.75) is 6.92 Å². The Labute approximate surface area is 141 Å². The first-order valence-corrected chi connectivity index (χ1v) is 7.58. The zero-order valence-corrected chi connectivity index (χ0v) is 13.7. The number of halogens is 2. The summed E-state index contributed by atoms with van der Waals surface area (Å²) >= 11 is 12.8. The molecule has 3 N–H and O–H groups in total. The molecule has 2 aromatic rings. The van der Waals surface area contributed by atoms with Gasteiger partial charge in [0.15, 0.2) is 0 Å². The fraction of sp³-hybridized carbons (Fsp3) is 0.0714. The molecule has 0 aliphatic heterocycles. The molecule has 22 heavy (non-hydrogen) atoms. The van der Waals surface area contributed by atoms with Gasteiger partial charge in [0.1, 0.15) is 15.9 Å². The Morgan fingerprint density at radius 1 is 1.50 bits per heavy atom. The molecule has 1 aromatic heterocycles. The molecule has 1 amide bonds. The summed E-state index contributed by atoms with van der Waals surface area (Å²) in [7, 11) is 0. The van der Waals surface area contributed by atoms with Crippen molar-refractivity contribution in [1.29, 1.82) is 5.26 Å². The normalized spacial score (nSPS) is 10.6. The topological polar surface area (TPSA) is 91.3 Å². The first-order valence-electron chi connectivity index (χ1n) is 6.01. The van der Waals surface area contributed by atoms with Gasteiger partial charge in [-0.15, -0.1) is 11.3 Å². The molecule has 0 saturated carbocycles. The molecule has 112 valence electrons. The number of thiophene rings is 1. The third-order valence-corrected chi connectivity index (χ3v) is 4.51. The number of anilines is 1. The monoisotopic (exact) mass is 352 g/mol. The molecule has 2 rings (SSSR count). The largest absolute Gasteiger partial charge is 0.389 e. The van der Waals surface area contributed by atoms with Gasteiger partial charge in [-0.1, -0.05) is 29.3 Å². The minimum absolute atomic E-state index is 0.315. The number of benzene rings is 1. The number of nitrogens with one attached hydrogen (secondary N) is 1. The highest BCUT2D eigenvalue weighted by Gasteiger charge is 2.18. The van der Waals surface area contributed by atoms with Crippen LogP contribution < -0.4 is 11.2 Å². The van der Waals surface area contributed by atoms with Crippen LogP contribution in [0.25, 0.3) is 0 Å². The minimum atomic E-state index is -0.433. The number of nitriles is 1. The molecule has 5 nitrogen and oxygen atoms in total. The van der Waals surface area contributed by atoms with E-state index >= 15 is 0 Å². The number of amides is 1. The van der Waals surface area contributed by atoms with Crippen molar-refractivity contribution in [3.05, 3.63) is 49.8 Å². The van der Waals surface area contributed by atoms with E-state index < -0.39 is 5.91 Å². The van der Waals surface area contributed by atoms with Crippen LogP contribution in [0.4, 0.5) is 5.00 Å². The SMILES string of the molecule is Cc1c(C(=O)N/N=C/c2ccc(Cl)cc2Cl)sc(N)c1C#N. The third-order valence-electron chi connectivity index (χ3n) is 2.82. The van der Waals surface area contributed by atoms with Crippen LogP contribution in [0.15, 0.2) is 23.3 Å². The van der Waals surface area contributed by atoms with E-state index in [1.807, 2.05) is 6.07 Å². The van der Waals surface area contributed by atoms with Gasteiger partial charge >= 0.3 is 0 Å². The Morgan fingerprint density at radius 2 is 2.23 bits per heavy atom. The number of hydrazone groups is 1. The smallest absolute Gasteiger partial charge is 0.281 e. The van der Waals surface area contributed by atoms with E-state index in [-0.39, 0.29) is 0 Å². The van der Waals surface area contributed by atoms with Crippen molar-refractivity contribution in [2.24, 2.45) is 5.10 Å². The molecule has 0 aliphatic carbocycles. The third kappa shape index (κ3) is 3.39. The van der Waals surface area contributed by atoms with E-state index in [0.29, 0.717) is 36.6 Å². The molecular formula is C14H10Cl2N4OS. The lowest BCUT2D eigenvalue weighted by atomic mass is 10.2. The predicted octanol–water partition coefficient (Wildman–Crippen LogP) is 3.58. The van der Waals surface area contributed by atoms with Crippen LogP contribution in [0.2, 0.25) is 10.0 Å². The zero-order chi connectivity index (χ0) is 16.3. The van der Waals surface area contributed by atoms with Gasteiger partial charge in [-0.25, -0.2) is 5.43 Å². The van der Waals surface area contributed by atoms with Gasteiger partial charge in [0, 0.05) is 10.6 Å².